The van der Waals surface area contributed by atoms with E-state index in [0.29, 0.717) is 25.8 Å². The lowest BCUT2D eigenvalue weighted by Gasteiger charge is -2.10. The Labute approximate surface area is 197 Å². The van der Waals surface area contributed by atoms with Gasteiger partial charge in [-0.2, -0.15) is 5.26 Å². The molecule has 0 radical (unpaired) electrons. The maximum Gasteiger partial charge on any atom is 0.269 e. The van der Waals surface area contributed by atoms with Gasteiger partial charge in [0.15, 0.2) is 5.13 Å². The summed E-state index contributed by atoms with van der Waals surface area (Å²) in [5.74, 6) is -0.266. The molecule has 0 aliphatic carbocycles. The standard InChI is InChI=1S/C24H18N6OS2/c1-2-12-7-9-13(10-8-12)17-14(11-25)21(27)29-23-18(17)19(26)20(33-23)22(31)30-24-28-15-5-3-4-6-16(15)32-24/h3-10H,2,26H2,1H3,(H2,27,29)(H,28,30,31). The highest BCUT2D eigenvalue weighted by molar-refractivity contribution is 7.23. The van der Waals surface area contributed by atoms with Crippen molar-refractivity contribution < 1.29 is 4.79 Å². The van der Waals surface area contributed by atoms with Gasteiger partial charge in [0.2, 0.25) is 0 Å². The SMILES string of the molecule is CCc1ccc(-c2c(C#N)c(N)nc3sc(C(=O)Nc4nc5ccccc5s4)c(N)c23)cc1. The highest BCUT2D eigenvalue weighted by Gasteiger charge is 2.24. The van der Waals surface area contributed by atoms with Crippen LogP contribution in [0.3, 0.4) is 0 Å². The Hall–Kier alpha value is -4.00. The topological polar surface area (TPSA) is 131 Å². The van der Waals surface area contributed by atoms with Crippen LogP contribution in [-0.2, 0) is 6.42 Å². The molecule has 0 saturated heterocycles. The first kappa shape index (κ1) is 20.9. The minimum Gasteiger partial charge on any atom is -0.397 e. The van der Waals surface area contributed by atoms with Crippen molar-refractivity contribution in [3.05, 3.63) is 64.5 Å². The number of benzene rings is 2. The van der Waals surface area contributed by atoms with Gasteiger partial charge in [0, 0.05) is 10.9 Å². The molecule has 2 aromatic carbocycles. The van der Waals surface area contributed by atoms with Crippen molar-refractivity contribution in [2.75, 3.05) is 16.8 Å². The van der Waals surface area contributed by atoms with Crippen LogP contribution in [0.2, 0.25) is 0 Å². The first-order valence-corrected chi connectivity index (χ1v) is 11.8. The Morgan fingerprint density at radius 3 is 2.55 bits per heavy atom. The van der Waals surface area contributed by atoms with E-state index in [0.717, 1.165) is 33.5 Å². The largest absolute Gasteiger partial charge is 0.397 e. The maximum absolute atomic E-state index is 13.1. The van der Waals surface area contributed by atoms with Crippen LogP contribution in [0, 0.1) is 11.3 Å². The number of aryl methyl sites for hydroxylation is 1. The first-order valence-electron chi connectivity index (χ1n) is 10.2. The number of pyridine rings is 1. The second-order valence-electron chi connectivity index (χ2n) is 7.38. The smallest absolute Gasteiger partial charge is 0.269 e. The van der Waals surface area contributed by atoms with Gasteiger partial charge in [-0.3, -0.25) is 10.1 Å². The number of aromatic nitrogens is 2. The average molecular weight is 471 g/mol. The van der Waals surface area contributed by atoms with Crippen LogP contribution in [0.25, 0.3) is 31.6 Å². The predicted molar refractivity (Wildman–Crippen MR) is 136 cm³/mol. The molecule has 9 heteroatoms. The molecule has 0 fully saturated rings. The molecule has 5 N–H and O–H groups in total. The zero-order valence-corrected chi connectivity index (χ0v) is 19.2. The van der Waals surface area contributed by atoms with E-state index < -0.39 is 0 Å². The molecule has 1 amide bonds. The van der Waals surface area contributed by atoms with Crippen molar-refractivity contribution >= 4 is 65.7 Å². The van der Waals surface area contributed by atoms with E-state index in [-0.39, 0.29) is 23.0 Å². The van der Waals surface area contributed by atoms with Crippen molar-refractivity contribution in [1.82, 2.24) is 9.97 Å². The quantitative estimate of drug-likeness (QED) is 0.321. The van der Waals surface area contributed by atoms with E-state index >= 15 is 0 Å². The lowest BCUT2D eigenvalue weighted by atomic mass is 9.96. The third-order valence-corrected chi connectivity index (χ3v) is 7.44. The minimum absolute atomic E-state index is 0.110. The number of nitrogens with zero attached hydrogens (tertiary/aromatic N) is 3. The Morgan fingerprint density at radius 1 is 1.09 bits per heavy atom. The normalized spacial score (nSPS) is 11.0. The van der Waals surface area contributed by atoms with Gasteiger partial charge >= 0.3 is 0 Å². The zero-order valence-electron chi connectivity index (χ0n) is 17.5. The van der Waals surface area contributed by atoms with Crippen LogP contribution in [0.5, 0.6) is 0 Å². The molecule has 0 aliphatic heterocycles. The second kappa shape index (κ2) is 8.16. The summed E-state index contributed by atoms with van der Waals surface area (Å²) >= 11 is 2.53. The van der Waals surface area contributed by atoms with Gasteiger partial charge in [0.25, 0.3) is 5.91 Å². The minimum atomic E-state index is -0.376. The van der Waals surface area contributed by atoms with Crippen molar-refractivity contribution in [1.29, 1.82) is 5.26 Å². The number of hydrogen-bond donors (Lipinski definition) is 3. The van der Waals surface area contributed by atoms with Gasteiger partial charge in [0.1, 0.15) is 27.2 Å². The van der Waals surface area contributed by atoms with Crippen molar-refractivity contribution in [3.8, 4) is 17.2 Å². The van der Waals surface area contributed by atoms with Crippen molar-refractivity contribution in [2.45, 2.75) is 13.3 Å². The molecular weight excluding hydrogens is 452 g/mol. The Balaban J connectivity index is 1.63. The summed E-state index contributed by atoms with van der Waals surface area (Å²) in [5.41, 5.74) is 16.5. The van der Waals surface area contributed by atoms with Gasteiger partial charge in [-0.15, -0.1) is 11.3 Å². The van der Waals surface area contributed by atoms with Crippen molar-refractivity contribution in [2.24, 2.45) is 0 Å². The number of rotatable bonds is 4. The van der Waals surface area contributed by atoms with E-state index in [1.807, 2.05) is 48.5 Å². The highest BCUT2D eigenvalue weighted by atomic mass is 32.1. The Bertz CT molecular complexity index is 1540. The maximum atomic E-state index is 13.1. The van der Waals surface area contributed by atoms with Gasteiger partial charge in [0.05, 0.1) is 15.9 Å². The Morgan fingerprint density at radius 2 is 1.85 bits per heavy atom. The molecule has 0 spiro atoms. The molecule has 3 aromatic heterocycles. The monoisotopic (exact) mass is 470 g/mol. The number of carbonyl (C=O) groups excluding carboxylic acids is 1. The average Bonchev–Trinajstić information content (AvgIpc) is 3.38. The number of amides is 1. The number of fused-ring (bicyclic) bond motifs is 2. The van der Waals surface area contributed by atoms with Crippen molar-refractivity contribution in [3.63, 3.8) is 0 Å². The van der Waals surface area contributed by atoms with E-state index in [1.54, 1.807) is 0 Å². The first-order chi connectivity index (χ1) is 16.0. The van der Waals surface area contributed by atoms with Crippen LogP contribution in [-0.4, -0.2) is 15.9 Å². The van der Waals surface area contributed by atoms with Gasteiger partial charge < -0.3 is 11.5 Å². The third-order valence-electron chi connectivity index (χ3n) is 5.39. The zero-order chi connectivity index (χ0) is 23.1. The lowest BCUT2D eigenvalue weighted by Crippen LogP contribution is -2.11. The summed E-state index contributed by atoms with van der Waals surface area (Å²) in [6, 6.07) is 17.7. The molecule has 5 aromatic rings. The van der Waals surface area contributed by atoms with E-state index in [9.17, 15) is 10.1 Å². The van der Waals surface area contributed by atoms with Gasteiger partial charge in [-0.1, -0.05) is 54.7 Å². The molecule has 0 unspecified atom stereocenters. The van der Waals surface area contributed by atoms with Crippen LogP contribution in [0.4, 0.5) is 16.6 Å². The number of carbonyl (C=O) groups is 1. The molecule has 0 bridgehead atoms. The number of thiazole rings is 1. The van der Waals surface area contributed by atoms with Crippen LogP contribution >= 0.6 is 22.7 Å². The number of nitriles is 1. The van der Waals surface area contributed by atoms with E-state index in [2.05, 4.69) is 28.3 Å². The summed E-state index contributed by atoms with van der Waals surface area (Å²) in [6.07, 6.45) is 0.899. The summed E-state index contributed by atoms with van der Waals surface area (Å²) in [7, 11) is 0. The fourth-order valence-corrected chi connectivity index (χ4v) is 5.60. The molecule has 33 heavy (non-hydrogen) atoms. The molecule has 3 heterocycles. The molecule has 0 atom stereocenters. The summed E-state index contributed by atoms with van der Waals surface area (Å²) < 4.78 is 0.975. The molecule has 0 saturated carbocycles. The number of para-hydroxylation sites is 1. The predicted octanol–water partition coefficient (Wildman–Crippen LogP) is 5.42. The number of nitrogen functional groups attached to an aromatic ring is 2. The molecule has 162 valence electrons. The number of thiophene rings is 1. The number of nitrogens with one attached hydrogen (secondary N) is 1. The fourth-order valence-electron chi connectivity index (χ4n) is 3.73. The molecule has 0 aliphatic rings. The second-order valence-corrected chi connectivity index (χ2v) is 9.40. The summed E-state index contributed by atoms with van der Waals surface area (Å²) in [6.45, 7) is 2.07. The van der Waals surface area contributed by atoms with E-state index in [1.165, 1.54) is 16.9 Å². The fraction of sp³-hybridized carbons (Fsp3) is 0.0833. The number of nitrogens with two attached hydrogens (primary N) is 2. The van der Waals surface area contributed by atoms with Crippen LogP contribution in [0.15, 0.2) is 48.5 Å². The molecule has 5 rings (SSSR count). The summed E-state index contributed by atoms with van der Waals surface area (Å²) in [5, 5.41) is 13.7. The molecular formula is C24H18N6OS2. The Kier molecular flexibility index (Phi) is 5.17. The highest BCUT2D eigenvalue weighted by Crippen LogP contribution is 2.43. The molecule has 7 nitrogen and oxygen atoms in total. The van der Waals surface area contributed by atoms with Gasteiger partial charge in [-0.25, -0.2) is 9.97 Å². The summed E-state index contributed by atoms with van der Waals surface area (Å²) in [4.78, 5) is 22.8. The third kappa shape index (κ3) is 3.55. The van der Waals surface area contributed by atoms with Crippen LogP contribution < -0.4 is 16.8 Å². The lowest BCUT2D eigenvalue weighted by molar-refractivity contribution is 0.103. The number of hydrogen-bond acceptors (Lipinski definition) is 8. The van der Waals surface area contributed by atoms with Gasteiger partial charge in [-0.05, 0) is 29.7 Å². The van der Waals surface area contributed by atoms with Crippen LogP contribution in [0.1, 0.15) is 27.7 Å². The number of anilines is 3. The van der Waals surface area contributed by atoms with E-state index in [4.69, 9.17) is 11.5 Å².